The van der Waals surface area contributed by atoms with Crippen LogP contribution in [0.3, 0.4) is 0 Å². The third-order valence-electron chi connectivity index (χ3n) is 4.83. The van der Waals surface area contributed by atoms with E-state index in [2.05, 4.69) is 28.9 Å². The Hall–Kier alpha value is -0.990. The van der Waals surface area contributed by atoms with Gasteiger partial charge in [-0.15, -0.1) is 0 Å². The molecule has 0 saturated carbocycles. The van der Waals surface area contributed by atoms with Gasteiger partial charge in [0.15, 0.2) is 0 Å². The number of hydrogen-bond acceptors (Lipinski definition) is 1. The molecule has 1 atom stereocenters. The Morgan fingerprint density at radius 3 is 3.11 bits per heavy atom. The quantitative estimate of drug-likeness (QED) is 0.766. The van der Waals surface area contributed by atoms with Crippen LogP contribution in [0.25, 0.3) is 10.9 Å². The van der Waals surface area contributed by atoms with E-state index < -0.39 is 0 Å². The van der Waals surface area contributed by atoms with Gasteiger partial charge in [-0.25, -0.2) is 0 Å². The number of aromatic nitrogens is 1. The number of halogens is 1. The maximum atomic E-state index is 6.14. The van der Waals surface area contributed by atoms with Gasteiger partial charge in [0, 0.05) is 28.2 Å². The van der Waals surface area contributed by atoms with Crippen molar-refractivity contribution < 1.29 is 0 Å². The molecular formula is C15H17ClN2. The highest BCUT2D eigenvalue weighted by molar-refractivity contribution is 6.31. The summed E-state index contributed by atoms with van der Waals surface area (Å²) in [7, 11) is 0. The predicted molar refractivity (Wildman–Crippen MR) is 75.2 cm³/mol. The fourth-order valence-corrected chi connectivity index (χ4v) is 4.02. The molecule has 1 saturated heterocycles. The molecule has 1 N–H and O–H groups in total. The lowest BCUT2D eigenvalue weighted by Gasteiger charge is -2.39. The molecule has 2 aliphatic heterocycles. The molecule has 0 amide bonds. The second-order valence-electron chi connectivity index (χ2n) is 5.78. The van der Waals surface area contributed by atoms with Crippen molar-refractivity contribution in [3.05, 3.63) is 34.5 Å². The minimum absolute atomic E-state index is 0.221. The Morgan fingerprint density at radius 2 is 2.22 bits per heavy atom. The highest BCUT2D eigenvalue weighted by atomic mass is 35.5. The molecule has 1 fully saturated rings. The van der Waals surface area contributed by atoms with E-state index in [0.29, 0.717) is 0 Å². The fraction of sp³-hybridized carbons (Fsp3) is 0.467. The van der Waals surface area contributed by atoms with Crippen LogP contribution in [-0.2, 0) is 12.0 Å². The molecule has 0 unspecified atom stereocenters. The van der Waals surface area contributed by atoms with E-state index in [4.69, 9.17) is 11.6 Å². The predicted octanol–water partition coefficient (Wildman–Crippen LogP) is 3.69. The van der Waals surface area contributed by atoms with E-state index in [0.717, 1.165) is 11.4 Å². The van der Waals surface area contributed by atoms with Crippen molar-refractivity contribution in [2.45, 2.75) is 31.7 Å². The molecule has 18 heavy (non-hydrogen) atoms. The molecule has 3 heterocycles. The van der Waals surface area contributed by atoms with Crippen LogP contribution >= 0.6 is 11.6 Å². The molecule has 4 rings (SSSR count). The first-order chi connectivity index (χ1) is 8.68. The van der Waals surface area contributed by atoms with Crippen molar-refractivity contribution >= 4 is 22.5 Å². The number of nitrogens with zero attached hydrogens (tertiary/aromatic N) is 1. The van der Waals surface area contributed by atoms with Crippen molar-refractivity contribution in [1.29, 1.82) is 0 Å². The molecule has 1 aromatic carbocycles. The van der Waals surface area contributed by atoms with E-state index >= 15 is 0 Å². The second kappa shape index (κ2) is 3.52. The molecule has 3 heteroatoms. The van der Waals surface area contributed by atoms with Gasteiger partial charge in [-0.1, -0.05) is 11.6 Å². The largest absolute Gasteiger partial charge is 0.357 e. The van der Waals surface area contributed by atoms with Crippen molar-refractivity contribution in [2.75, 3.05) is 13.1 Å². The number of aromatic amines is 1. The lowest BCUT2D eigenvalue weighted by Crippen LogP contribution is -2.44. The lowest BCUT2D eigenvalue weighted by atomic mass is 9.86. The van der Waals surface area contributed by atoms with Gasteiger partial charge in [-0.2, -0.15) is 0 Å². The van der Waals surface area contributed by atoms with Crippen LogP contribution in [0.1, 0.15) is 31.0 Å². The third kappa shape index (κ3) is 1.28. The smallest absolute Gasteiger partial charge is 0.0586 e. The van der Waals surface area contributed by atoms with Gasteiger partial charge in [0.1, 0.15) is 0 Å². The molecule has 94 valence electrons. The second-order valence-corrected chi connectivity index (χ2v) is 6.22. The zero-order valence-corrected chi connectivity index (χ0v) is 11.3. The van der Waals surface area contributed by atoms with Crippen LogP contribution in [0.2, 0.25) is 5.02 Å². The van der Waals surface area contributed by atoms with E-state index in [1.54, 1.807) is 0 Å². The monoisotopic (exact) mass is 260 g/mol. The highest BCUT2D eigenvalue weighted by Crippen LogP contribution is 2.45. The normalized spacial score (nSPS) is 27.4. The van der Waals surface area contributed by atoms with Crippen molar-refractivity contribution in [1.82, 2.24) is 9.88 Å². The molecular weight excluding hydrogens is 244 g/mol. The SMILES string of the molecule is C[C@@]12CCCN1CCc1c2[nH]c2ccc(Cl)cc12. The maximum absolute atomic E-state index is 6.14. The van der Waals surface area contributed by atoms with Gasteiger partial charge in [-0.05, 0) is 56.5 Å². The van der Waals surface area contributed by atoms with Gasteiger partial charge in [0.05, 0.1) is 5.54 Å². The maximum Gasteiger partial charge on any atom is 0.0586 e. The number of fused-ring (bicyclic) bond motifs is 5. The van der Waals surface area contributed by atoms with Crippen molar-refractivity contribution in [3.63, 3.8) is 0 Å². The van der Waals surface area contributed by atoms with Gasteiger partial charge in [0.25, 0.3) is 0 Å². The molecule has 0 aliphatic carbocycles. The molecule has 1 aromatic heterocycles. The Labute approximate surface area is 112 Å². The molecule has 2 aliphatic rings. The van der Waals surface area contributed by atoms with Crippen molar-refractivity contribution in [3.8, 4) is 0 Å². The minimum atomic E-state index is 0.221. The summed E-state index contributed by atoms with van der Waals surface area (Å²) in [5.74, 6) is 0. The van der Waals surface area contributed by atoms with E-state index in [1.165, 1.54) is 48.1 Å². The van der Waals surface area contributed by atoms with Crippen LogP contribution in [0, 0.1) is 0 Å². The number of benzene rings is 1. The lowest BCUT2D eigenvalue weighted by molar-refractivity contribution is 0.139. The van der Waals surface area contributed by atoms with Crippen LogP contribution < -0.4 is 0 Å². The van der Waals surface area contributed by atoms with Gasteiger partial charge >= 0.3 is 0 Å². The van der Waals surface area contributed by atoms with Gasteiger partial charge < -0.3 is 4.98 Å². The van der Waals surface area contributed by atoms with Crippen LogP contribution in [0.5, 0.6) is 0 Å². The first-order valence-electron chi connectivity index (χ1n) is 6.74. The van der Waals surface area contributed by atoms with E-state index in [9.17, 15) is 0 Å². The molecule has 2 nitrogen and oxygen atoms in total. The summed E-state index contributed by atoms with van der Waals surface area (Å²) in [4.78, 5) is 6.29. The Bertz CT molecular complexity index is 631. The van der Waals surface area contributed by atoms with Crippen LogP contribution in [0.4, 0.5) is 0 Å². The molecule has 0 spiro atoms. The van der Waals surface area contributed by atoms with Gasteiger partial charge in [0.2, 0.25) is 0 Å². The van der Waals surface area contributed by atoms with E-state index in [-0.39, 0.29) is 5.54 Å². The summed E-state index contributed by atoms with van der Waals surface area (Å²) < 4.78 is 0. The summed E-state index contributed by atoms with van der Waals surface area (Å²) in [6, 6.07) is 6.19. The summed E-state index contributed by atoms with van der Waals surface area (Å²) in [6.07, 6.45) is 3.72. The standard InChI is InChI=1S/C15H17ClN2/c1-15-6-2-7-18(15)8-5-11-12-9-10(16)3-4-13(12)17-14(11)15/h3-4,9,17H,2,5-8H2,1H3/t15-/m0/s1. The molecule has 0 bridgehead atoms. The minimum Gasteiger partial charge on any atom is -0.357 e. The first kappa shape index (κ1) is 10.9. The molecule has 0 radical (unpaired) electrons. The number of nitrogens with one attached hydrogen (secondary N) is 1. The van der Waals surface area contributed by atoms with Crippen LogP contribution in [0.15, 0.2) is 18.2 Å². The first-order valence-corrected chi connectivity index (χ1v) is 7.12. The number of H-pyrrole nitrogens is 1. The summed E-state index contributed by atoms with van der Waals surface area (Å²) >= 11 is 6.14. The Balaban J connectivity index is 2.00. The average molecular weight is 261 g/mol. The van der Waals surface area contributed by atoms with Gasteiger partial charge in [-0.3, -0.25) is 4.90 Å². The number of rotatable bonds is 0. The van der Waals surface area contributed by atoms with Crippen molar-refractivity contribution in [2.24, 2.45) is 0 Å². The van der Waals surface area contributed by atoms with Crippen LogP contribution in [-0.4, -0.2) is 23.0 Å². The summed E-state index contributed by atoms with van der Waals surface area (Å²) in [5.41, 5.74) is 4.38. The Morgan fingerprint density at radius 1 is 1.33 bits per heavy atom. The Kier molecular flexibility index (Phi) is 2.13. The summed E-state index contributed by atoms with van der Waals surface area (Å²) in [5, 5.41) is 2.16. The van der Waals surface area contributed by atoms with E-state index in [1.807, 2.05) is 6.07 Å². The zero-order valence-electron chi connectivity index (χ0n) is 10.6. The average Bonchev–Trinajstić information content (AvgIpc) is 2.89. The summed E-state index contributed by atoms with van der Waals surface area (Å²) in [6.45, 7) is 4.81. The molecule has 2 aromatic rings. The zero-order chi connectivity index (χ0) is 12.3. The fourth-order valence-electron chi connectivity index (χ4n) is 3.85. The number of hydrogen-bond donors (Lipinski definition) is 1. The topological polar surface area (TPSA) is 19.0 Å². The third-order valence-corrected chi connectivity index (χ3v) is 5.06. The highest BCUT2D eigenvalue weighted by Gasteiger charge is 2.43.